The third-order valence-electron chi connectivity index (χ3n) is 5.66. The quantitative estimate of drug-likeness (QED) is 0.704. The Bertz CT molecular complexity index is 900. The van der Waals surface area contributed by atoms with Crippen LogP contribution in [0.15, 0.2) is 42.6 Å². The summed E-state index contributed by atoms with van der Waals surface area (Å²) >= 11 is 0. The fourth-order valence-electron chi connectivity index (χ4n) is 4.02. The molecule has 2 N–H and O–H groups in total. The van der Waals surface area contributed by atoms with Crippen molar-refractivity contribution in [2.75, 3.05) is 18.8 Å². The number of benzene rings is 1. The Morgan fingerprint density at radius 3 is 2.33 bits per heavy atom. The average Bonchev–Trinajstić information content (AvgIpc) is 2.83. The van der Waals surface area contributed by atoms with Crippen LogP contribution in [0.3, 0.4) is 0 Å². The molecule has 0 atom stereocenters. The number of fused-ring (bicyclic) bond motifs is 1. The number of rotatable bonds is 4. The minimum atomic E-state index is 0.538. The average molecular weight is 363 g/mol. The van der Waals surface area contributed by atoms with Crippen LogP contribution in [-0.2, 0) is 6.54 Å². The molecule has 4 heteroatoms. The highest BCUT2D eigenvalue weighted by atomic mass is 15.2. The number of hydrogen-bond donors (Lipinski definition) is 1. The smallest absolute Gasteiger partial charge is 0.137 e. The minimum absolute atomic E-state index is 0.538. The number of nitrogens with zero attached hydrogens (tertiary/aromatic N) is 3. The number of anilines is 1. The Balaban J connectivity index is 1.76. The molecule has 1 aromatic carbocycles. The van der Waals surface area contributed by atoms with Gasteiger partial charge in [-0.3, -0.25) is 4.90 Å². The molecule has 0 radical (unpaired) electrons. The summed E-state index contributed by atoms with van der Waals surface area (Å²) in [6.07, 6.45) is 7.29. The Kier molecular flexibility index (Phi) is 5.17. The van der Waals surface area contributed by atoms with Gasteiger partial charge in [0.25, 0.3) is 0 Å². The molecule has 4 rings (SSSR count). The first-order chi connectivity index (χ1) is 13.1. The van der Waals surface area contributed by atoms with Crippen molar-refractivity contribution in [3.63, 3.8) is 0 Å². The third-order valence-corrected chi connectivity index (χ3v) is 5.66. The predicted octanol–water partition coefficient (Wildman–Crippen LogP) is 5.08. The highest BCUT2D eigenvalue weighted by Crippen LogP contribution is 2.28. The van der Waals surface area contributed by atoms with Gasteiger partial charge in [0.1, 0.15) is 5.65 Å². The third kappa shape index (κ3) is 3.86. The van der Waals surface area contributed by atoms with Crippen molar-refractivity contribution in [1.29, 1.82) is 0 Å². The summed E-state index contributed by atoms with van der Waals surface area (Å²) in [6.45, 7) is 7.72. The van der Waals surface area contributed by atoms with E-state index in [1.54, 1.807) is 0 Å². The second kappa shape index (κ2) is 7.73. The zero-order chi connectivity index (χ0) is 18.8. The van der Waals surface area contributed by atoms with Crippen LogP contribution < -0.4 is 5.73 Å². The van der Waals surface area contributed by atoms with E-state index in [0.717, 1.165) is 23.6 Å². The lowest BCUT2D eigenvalue weighted by molar-refractivity contribution is 0.273. The van der Waals surface area contributed by atoms with Gasteiger partial charge in [-0.2, -0.15) is 0 Å². The molecule has 3 aromatic rings. The van der Waals surface area contributed by atoms with Crippen LogP contribution in [0.1, 0.15) is 56.7 Å². The van der Waals surface area contributed by atoms with E-state index in [4.69, 9.17) is 10.7 Å². The normalized spacial score (nSPS) is 16.1. The van der Waals surface area contributed by atoms with Gasteiger partial charge in [0.15, 0.2) is 0 Å². The first-order valence-electron chi connectivity index (χ1n) is 10.2. The molecule has 0 saturated carbocycles. The van der Waals surface area contributed by atoms with Gasteiger partial charge in [-0.05, 0) is 49.5 Å². The molecule has 3 heterocycles. The second-order valence-electron chi connectivity index (χ2n) is 8.06. The fourth-order valence-corrected chi connectivity index (χ4v) is 4.02. The van der Waals surface area contributed by atoms with Gasteiger partial charge in [0.2, 0.25) is 0 Å². The summed E-state index contributed by atoms with van der Waals surface area (Å²) in [5.41, 5.74) is 12.7. The van der Waals surface area contributed by atoms with Gasteiger partial charge in [-0.25, -0.2) is 4.98 Å². The maximum Gasteiger partial charge on any atom is 0.137 e. The molecular formula is C23H30N4. The van der Waals surface area contributed by atoms with E-state index in [2.05, 4.69) is 47.4 Å². The molecule has 0 amide bonds. The number of imidazole rings is 1. The summed E-state index contributed by atoms with van der Waals surface area (Å²) in [7, 11) is 0. The summed E-state index contributed by atoms with van der Waals surface area (Å²) in [5.74, 6) is 0.538. The molecule has 0 spiro atoms. The number of nitrogens with two attached hydrogens (primary N) is 1. The standard InChI is InChI=1S/C23H30N4/c1-17(2)18-7-9-19(10-8-18)23-21(16-26-13-5-3-4-6-14-26)27-15-20(24)11-12-22(27)25-23/h7-12,15,17H,3-6,13-14,16,24H2,1-2H3. The molecule has 0 bridgehead atoms. The lowest BCUT2D eigenvalue weighted by Crippen LogP contribution is -2.25. The van der Waals surface area contributed by atoms with E-state index in [1.807, 2.05) is 18.3 Å². The highest BCUT2D eigenvalue weighted by Gasteiger charge is 2.18. The van der Waals surface area contributed by atoms with Gasteiger partial charge in [0.05, 0.1) is 11.4 Å². The van der Waals surface area contributed by atoms with Gasteiger partial charge in [-0.15, -0.1) is 0 Å². The van der Waals surface area contributed by atoms with Crippen molar-refractivity contribution >= 4 is 11.3 Å². The zero-order valence-corrected chi connectivity index (χ0v) is 16.5. The lowest BCUT2D eigenvalue weighted by atomic mass is 10.0. The van der Waals surface area contributed by atoms with Gasteiger partial charge in [-0.1, -0.05) is 51.0 Å². The van der Waals surface area contributed by atoms with E-state index in [1.165, 1.54) is 55.6 Å². The molecule has 1 fully saturated rings. The summed E-state index contributed by atoms with van der Waals surface area (Å²) in [6, 6.07) is 12.8. The molecule has 0 unspecified atom stereocenters. The molecule has 4 nitrogen and oxygen atoms in total. The van der Waals surface area contributed by atoms with Crippen LogP contribution in [0.5, 0.6) is 0 Å². The highest BCUT2D eigenvalue weighted by molar-refractivity contribution is 5.67. The zero-order valence-electron chi connectivity index (χ0n) is 16.5. The second-order valence-corrected chi connectivity index (χ2v) is 8.06. The van der Waals surface area contributed by atoms with Gasteiger partial charge >= 0.3 is 0 Å². The van der Waals surface area contributed by atoms with E-state index in [0.29, 0.717) is 5.92 Å². The predicted molar refractivity (Wildman–Crippen MR) is 113 cm³/mol. The van der Waals surface area contributed by atoms with Crippen LogP contribution in [0.2, 0.25) is 0 Å². The van der Waals surface area contributed by atoms with Crippen molar-refractivity contribution < 1.29 is 0 Å². The van der Waals surface area contributed by atoms with Crippen LogP contribution >= 0.6 is 0 Å². The van der Waals surface area contributed by atoms with Crippen molar-refractivity contribution in [3.05, 3.63) is 53.9 Å². The van der Waals surface area contributed by atoms with E-state index >= 15 is 0 Å². The largest absolute Gasteiger partial charge is 0.398 e. The maximum absolute atomic E-state index is 6.09. The number of likely N-dealkylation sites (tertiary alicyclic amines) is 1. The molecule has 142 valence electrons. The van der Waals surface area contributed by atoms with Crippen molar-refractivity contribution in [2.24, 2.45) is 0 Å². The number of hydrogen-bond acceptors (Lipinski definition) is 3. The Morgan fingerprint density at radius 1 is 0.963 bits per heavy atom. The SMILES string of the molecule is CC(C)c1ccc(-c2nc3ccc(N)cn3c2CN2CCCCCC2)cc1. The van der Waals surface area contributed by atoms with Gasteiger partial charge in [0, 0.05) is 24.0 Å². The van der Waals surface area contributed by atoms with Crippen LogP contribution in [0.4, 0.5) is 5.69 Å². The molecular weight excluding hydrogens is 332 g/mol. The van der Waals surface area contributed by atoms with E-state index < -0.39 is 0 Å². The summed E-state index contributed by atoms with van der Waals surface area (Å²) < 4.78 is 2.19. The molecule has 0 aliphatic carbocycles. The monoisotopic (exact) mass is 362 g/mol. The molecule has 1 aliphatic heterocycles. The van der Waals surface area contributed by atoms with E-state index in [-0.39, 0.29) is 0 Å². The maximum atomic E-state index is 6.09. The Morgan fingerprint density at radius 2 is 1.67 bits per heavy atom. The van der Waals surface area contributed by atoms with Crippen molar-refractivity contribution in [3.8, 4) is 11.3 Å². The van der Waals surface area contributed by atoms with Crippen molar-refractivity contribution in [1.82, 2.24) is 14.3 Å². The minimum Gasteiger partial charge on any atom is -0.398 e. The first-order valence-corrected chi connectivity index (χ1v) is 10.2. The molecule has 2 aromatic heterocycles. The number of aromatic nitrogens is 2. The van der Waals surface area contributed by atoms with Crippen molar-refractivity contribution in [2.45, 2.75) is 52.0 Å². The molecule has 27 heavy (non-hydrogen) atoms. The fraction of sp³-hybridized carbons (Fsp3) is 0.435. The Hall–Kier alpha value is -2.33. The molecule has 1 saturated heterocycles. The van der Waals surface area contributed by atoms with E-state index in [9.17, 15) is 0 Å². The number of nitrogen functional groups attached to an aromatic ring is 1. The molecule has 1 aliphatic rings. The topological polar surface area (TPSA) is 46.6 Å². The lowest BCUT2D eigenvalue weighted by Gasteiger charge is -2.20. The number of pyridine rings is 1. The summed E-state index contributed by atoms with van der Waals surface area (Å²) in [4.78, 5) is 7.54. The van der Waals surface area contributed by atoms with Crippen LogP contribution in [0.25, 0.3) is 16.9 Å². The van der Waals surface area contributed by atoms with Crippen LogP contribution in [0, 0.1) is 0 Å². The first kappa shape index (κ1) is 18.1. The summed E-state index contributed by atoms with van der Waals surface area (Å²) in [5, 5.41) is 0. The Labute approximate surface area is 162 Å². The van der Waals surface area contributed by atoms with Crippen LogP contribution in [-0.4, -0.2) is 27.4 Å². The van der Waals surface area contributed by atoms with Gasteiger partial charge < -0.3 is 10.1 Å².